The van der Waals surface area contributed by atoms with Crippen molar-refractivity contribution in [2.24, 2.45) is 11.7 Å². The summed E-state index contributed by atoms with van der Waals surface area (Å²) >= 11 is 0. The first-order valence-electron chi connectivity index (χ1n) is 7.84. The SMILES string of the molecule is CN(CC1CCOC1)C(=O)c1cc(C(N)=O)n(-c2ccccc2)n1. The molecule has 1 aliphatic rings. The minimum absolute atomic E-state index is 0.183. The lowest BCUT2D eigenvalue weighted by molar-refractivity contribution is 0.0759. The number of hydrogen-bond donors (Lipinski definition) is 1. The van der Waals surface area contributed by atoms with Crippen LogP contribution in [0.15, 0.2) is 36.4 Å². The molecule has 3 rings (SSSR count). The number of ether oxygens (including phenoxy) is 1. The highest BCUT2D eigenvalue weighted by atomic mass is 16.5. The van der Waals surface area contributed by atoms with E-state index in [1.54, 1.807) is 24.1 Å². The number of benzene rings is 1. The van der Waals surface area contributed by atoms with E-state index in [1.165, 1.54) is 10.7 Å². The minimum atomic E-state index is -0.628. The van der Waals surface area contributed by atoms with Gasteiger partial charge in [0.25, 0.3) is 11.8 Å². The molecule has 1 fully saturated rings. The van der Waals surface area contributed by atoms with E-state index in [2.05, 4.69) is 5.10 Å². The maximum atomic E-state index is 12.6. The average Bonchev–Trinajstić information content (AvgIpc) is 3.24. The van der Waals surface area contributed by atoms with Gasteiger partial charge in [0, 0.05) is 32.2 Å². The van der Waals surface area contributed by atoms with Crippen LogP contribution in [-0.4, -0.2) is 53.3 Å². The number of carbonyl (C=O) groups is 2. The summed E-state index contributed by atoms with van der Waals surface area (Å²) in [6.45, 7) is 2.01. The highest BCUT2D eigenvalue weighted by Gasteiger charge is 2.24. The Labute approximate surface area is 140 Å². The maximum absolute atomic E-state index is 12.6. The smallest absolute Gasteiger partial charge is 0.274 e. The first kappa shape index (κ1) is 16.2. The summed E-state index contributed by atoms with van der Waals surface area (Å²) in [5, 5.41) is 4.29. The van der Waals surface area contributed by atoms with Gasteiger partial charge in [-0.25, -0.2) is 4.68 Å². The highest BCUT2D eigenvalue weighted by Crippen LogP contribution is 2.16. The van der Waals surface area contributed by atoms with E-state index >= 15 is 0 Å². The van der Waals surface area contributed by atoms with Crippen molar-refractivity contribution in [3.05, 3.63) is 47.8 Å². The molecule has 2 N–H and O–H groups in total. The number of para-hydroxylation sites is 1. The summed E-state index contributed by atoms with van der Waals surface area (Å²) in [5.74, 6) is -0.526. The summed E-state index contributed by atoms with van der Waals surface area (Å²) in [6.07, 6.45) is 0.947. The van der Waals surface area contributed by atoms with Gasteiger partial charge in [0.1, 0.15) is 5.69 Å². The molecule has 126 valence electrons. The van der Waals surface area contributed by atoms with E-state index in [4.69, 9.17) is 10.5 Å². The molecule has 1 saturated heterocycles. The molecule has 1 atom stereocenters. The molecule has 1 unspecified atom stereocenters. The van der Waals surface area contributed by atoms with Crippen molar-refractivity contribution >= 4 is 11.8 Å². The molecule has 0 aliphatic carbocycles. The third-order valence-corrected chi connectivity index (χ3v) is 4.08. The van der Waals surface area contributed by atoms with Gasteiger partial charge in [-0.3, -0.25) is 9.59 Å². The van der Waals surface area contributed by atoms with Crippen molar-refractivity contribution in [3.8, 4) is 5.69 Å². The Kier molecular flexibility index (Phi) is 4.61. The number of aromatic nitrogens is 2. The van der Waals surface area contributed by atoms with Crippen LogP contribution in [-0.2, 0) is 4.74 Å². The molecule has 1 aliphatic heterocycles. The van der Waals surface area contributed by atoms with Crippen LogP contribution in [0, 0.1) is 5.92 Å². The van der Waals surface area contributed by atoms with E-state index < -0.39 is 5.91 Å². The summed E-state index contributed by atoms with van der Waals surface area (Å²) in [7, 11) is 1.73. The first-order valence-corrected chi connectivity index (χ1v) is 7.84. The third-order valence-electron chi connectivity index (χ3n) is 4.08. The van der Waals surface area contributed by atoms with Gasteiger partial charge in [-0.1, -0.05) is 18.2 Å². The Balaban J connectivity index is 1.85. The van der Waals surface area contributed by atoms with E-state index in [1.807, 2.05) is 18.2 Å². The van der Waals surface area contributed by atoms with Crippen LogP contribution < -0.4 is 5.73 Å². The van der Waals surface area contributed by atoms with Gasteiger partial charge in [-0.15, -0.1) is 0 Å². The van der Waals surface area contributed by atoms with Gasteiger partial charge in [0.2, 0.25) is 0 Å². The molecular formula is C17H20N4O3. The lowest BCUT2D eigenvalue weighted by Crippen LogP contribution is -2.32. The lowest BCUT2D eigenvalue weighted by atomic mass is 10.1. The molecule has 2 aromatic rings. The van der Waals surface area contributed by atoms with E-state index in [0.717, 1.165) is 13.0 Å². The minimum Gasteiger partial charge on any atom is -0.381 e. The number of carbonyl (C=O) groups excluding carboxylic acids is 2. The van der Waals surface area contributed by atoms with Crippen molar-refractivity contribution in [1.29, 1.82) is 0 Å². The van der Waals surface area contributed by atoms with Crippen LogP contribution in [0.4, 0.5) is 0 Å². The van der Waals surface area contributed by atoms with Crippen LogP contribution in [0.1, 0.15) is 27.4 Å². The van der Waals surface area contributed by atoms with Crippen LogP contribution in [0.2, 0.25) is 0 Å². The molecule has 0 radical (unpaired) electrons. The summed E-state index contributed by atoms with van der Waals surface area (Å²) in [4.78, 5) is 25.9. The molecule has 0 saturated carbocycles. The summed E-state index contributed by atoms with van der Waals surface area (Å²) < 4.78 is 6.74. The number of nitrogens with two attached hydrogens (primary N) is 1. The molecule has 2 amide bonds. The predicted molar refractivity (Wildman–Crippen MR) is 88.0 cm³/mol. The second-order valence-electron chi connectivity index (χ2n) is 5.94. The van der Waals surface area contributed by atoms with Crippen LogP contribution in [0.25, 0.3) is 5.69 Å². The van der Waals surface area contributed by atoms with E-state index in [0.29, 0.717) is 24.8 Å². The number of rotatable bonds is 5. The highest BCUT2D eigenvalue weighted by molar-refractivity contribution is 5.97. The molecular weight excluding hydrogens is 308 g/mol. The number of nitrogens with zero attached hydrogens (tertiary/aromatic N) is 3. The molecule has 0 bridgehead atoms. The van der Waals surface area contributed by atoms with E-state index in [-0.39, 0.29) is 17.3 Å². The van der Waals surface area contributed by atoms with Crippen molar-refractivity contribution in [3.63, 3.8) is 0 Å². The Morgan fingerprint density at radius 2 is 2.12 bits per heavy atom. The standard InChI is InChI=1S/C17H20N4O3/c1-20(10-12-7-8-24-11-12)17(23)14-9-15(16(18)22)21(19-14)13-5-3-2-4-6-13/h2-6,9,12H,7-8,10-11H2,1H3,(H2,18,22). The third kappa shape index (κ3) is 3.30. The van der Waals surface area contributed by atoms with Gasteiger partial charge >= 0.3 is 0 Å². The first-order chi connectivity index (χ1) is 11.6. The topological polar surface area (TPSA) is 90.5 Å². The normalized spacial score (nSPS) is 17.0. The van der Waals surface area contributed by atoms with E-state index in [9.17, 15) is 9.59 Å². The Bertz CT molecular complexity index is 736. The van der Waals surface area contributed by atoms with Gasteiger partial charge < -0.3 is 15.4 Å². The zero-order chi connectivity index (χ0) is 17.1. The molecule has 2 heterocycles. The van der Waals surface area contributed by atoms with Crippen molar-refractivity contribution in [2.45, 2.75) is 6.42 Å². The van der Waals surface area contributed by atoms with Gasteiger partial charge in [-0.05, 0) is 18.6 Å². The van der Waals surface area contributed by atoms with Crippen molar-refractivity contribution in [1.82, 2.24) is 14.7 Å². The summed E-state index contributed by atoms with van der Waals surface area (Å²) in [6, 6.07) is 10.6. The predicted octanol–water partition coefficient (Wildman–Crippen LogP) is 1.08. The molecule has 24 heavy (non-hydrogen) atoms. The number of primary amides is 1. The summed E-state index contributed by atoms with van der Waals surface area (Å²) in [5.41, 5.74) is 6.50. The fourth-order valence-electron chi connectivity index (χ4n) is 2.82. The molecule has 0 spiro atoms. The molecule has 7 heteroatoms. The van der Waals surface area contributed by atoms with Gasteiger partial charge in [0.05, 0.1) is 12.3 Å². The number of hydrogen-bond acceptors (Lipinski definition) is 4. The molecule has 7 nitrogen and oxygen atoms in total. The molecule has 1 aromatic heterocycles. The Morgan fingerprint density at radius 1 is 1.38 bits per heavy atom. The van der Waals surface area contributed by atoms with Crippen molar-refractivity contribution < 1.29 is 14.3 Å². The Hall–Kier alpha value is -2.67. The zero-order valence-corrected chi connectivity index (χ0v) is 13.5. The largest absolute Gasteiger partial charge is 0.381 e. The fourth-order valence-corrected chi connectivity index (χ4v) is 2.82. The second kappa shape index (κ2) is 6.84. The van der Waals surface area contributed by atoms with Crippen LogP contribution in [0.3, 0.4) is 0 Å². The van der Waals surface area contributed by atoms with Crippen LogP contribution in [0.5, 0.6) is 0 Å². The average molecular weight is 328 g/mol. The van der Waals surface area contributed by atoms with Gasteiger partial charge in [-0.2, -0.15) is 5.10 Å². The lowest BCUT2D eigenvalue weighted by Gasteiger charge is -2.19. The van der Waals surface area contributed by atoms with Gasteiger partial charge in [0.15, 0.2) is 5.69 Å². The monoisotopic (exact) mass is 328 g/mol. The second-order valence-corrected chi connectivity index (χ2v) is 5.94. The quantitative estimate of drug-likeness (QED) is 0.889. The zero-order valence-electron chi connectivity index (χ0n) is 13.5. The van der Waals surface area contributed by atoms with Crippen LogP contribution >= 0.6 is 0 Å². The fraction of sp³-hybridized carbons (Fsp3) is 0.353. The Morgan fingerprint density at radius 3 is 2.75 bits per heavy atom. The maximum Gasteiger partial charge on any atom is 0.274 e. The van der Waals surface area contributed by atoms with Crippen molar-refractivity contribution in [2.75, 3.05) is 26.8 Å². The number of amides is 2. The molecule has 1 aromatic carbocycles.